The zero-order valence-electron chi connectivity index (χ0n) is 35.1. The van der Waals surface area contributed by atoms with Crippen molar-refractivity contribution in [3.05, 3.63) is 287 Å². The van der Waals surface area contributed by atoms with Crippen LogP contribution in [0.5, 0.6) is 0 Å². The summed E-state index contributed by atoms with van der Waals surface area (Å²) >= 11 is 0. The molecule has 0 N–H and O–H groups in total. The first-order valence-electron chi connectivity index (χ1n) is 21.7. The van der Waals surface area contributed by atoms with Gasteiger partial charge in [-0.3, -0.25) is 0 Å². The van der Waals surface area contributed by atoms with Crippen molar-refractivity contribution in [3.63, 3.8) is 0 Å². The van der Waals surface area contributed by atoms with Gasteiger partial charge in [-0.05, 0) is 118 Å². The molecule has 0 heteroatoms. The molecule has 0 heterocycles. The molecule has 9 aromatic rings. The van der Waals surface area contributed by atoms with Crippen molar-refractivity contribution in [1.82, 2.24) is 0 Å². The molecule has 0 aromatic heterocycles. The lowest BCUT2D eigenvalue weighted by molar-refractivity contribution is 0.563. The van der Waals surface area contributed by atoms with E-state index >= 15 is 0 Å². The highest BCUT2D eigenvalue weighted by molar-refractivity contribution is 5.99. The van der Waals surface area contributed by atoms with Crippen LogP contribution < -0.4 is 0 Å². The Morgan fingerprint density at radius 3 is 1.29 bits per heavy atom. The summed E-state index contributed by atoms with van der Waals surface area (Å²) in [6.45, 7) is 9.65. The third-order valence-corrected chi connectivity index (χ3v) is 13.5. The predicted octanol–water partition coefficient (Wildman–Crippen LogP) is 15.8. The molecular weight excluding hydrogens is 745 g/mol. The SMILES string of the molecule is C=C(C=C(c1ccccc1)c1ccccc1)c1cccc2c1-c1cc(-c3ccc(-c4ccc(-c5ccccc5)cc4)cc3)ccc1C21c2ccccc2C(C)(C)c2ccccc21. The number of rotatable bonds is 7. The van der Waals surface area contributed by atoms with Crippen LogP contribution >= 0.6 is 0 Å². The minimum absolute atomic E-state index is 0.172. The molecule has 0 unspecified atom stereocenters. The van der Waals surface area contributed by atoms with Gasteiger partial charge in [0.05, 0.1) is 5.41 Å². The van der Waals surface area contributed by atoms with E-state index < -0.39 is 5.41 Å². The maximum absolute atomic E-state index is 4.88. The van der Waals surface area contributed by atoms with Crippen LogP contribution in [0.3, 0.4) is 0 Å². The molecule has 1 spiro atoms. The molecule has 294 valence electrons. The standard InChI is InChI=1S/C62H46/c1-42(40-52(48-20-9-5-10-21-48)49-22-11-6-12-23-49)51-24-17-29-59-60(51)53-41-50(47-36-34-46(35-37-47)45-32-30-44(31-33-45)43-18-7-4-8-19-43)38-39-54(53)62(59)57-27-15-13-25-55(57)61(2,3)56-26-14-16-28-58(56)62/h4-41H,1H2,2-3H3. The smallest absolute Gasteiger partial charge is 0.0719 e. The second kappa shape index (κ2) is 14.9. The first-order chi connectivity index (χ1) is 30.4. The van der Waals surface area contributed by atoms with Gasteiger partial charge in [-0.15, -0.1) is 0 Å². The van der Waals surface area contributed by atoms with E-state index in [0.29, 0.717) is 0 Å². The van der Waals surface area contributed by atoms with Crippen LogP contribution in [0.2, 0.25) is 0 Å². The van der Waals surface area contributed by atoms with Crippen molar-refractivity contribution in [2.75, 3.05) is 0 Å². The number of benzene rings is 9. The van der Waals surface area contributed by atoms with E-state index in [-0.39, 0.29) is 5.41 Å². The first-order valence-corrected chi connectivity index (χ1v) is 21.7. The van der Waals surface area contributed by atoms with Crippen molar-refractivity contribution < 1.29 is 0 Å². The van der Waals surface area contributed by atoms with E-state index in [9.17, 15) is 0 Å². The van der Waals surface area contributed by atoms with Crippen LogP contribution in [-0.2, 0) is 10.8 Å². The second-order valence-corrected chi connectivity index (χ2v) is 17.3. The average molecular weight is 791 g/mol. The molecule has 0 aliphatic heterocycles. The predicted molar refractivity (Wildman–Crippen MR) is 261 cm³/mol. The van der Waals surface area contributed by atoms with Gasteiger partial charge in [0.25, 0.3) is 0 Å². The molecule has 0 saturated heterocycles. The molecule has 62 heavy (non-hydrogen) atoms. The lowest BCUT2D eigenvalue weighted by Gasteiger charge is -2.46. The quantitative estimate of drug-likeness (QED) is 0.141. The van der Waals surface area contributed by atoms with Gasteiger partial charge in [0, 0.05) is 5.41 Å². The van der Waals surface area contributed by atoms with Gasteiger partial charge in [-0.2, -0.15) is 0 Å². The van der Waals surface area contributed by atoms with E-state index in [1.807, 2.05) is 0 Å². The Labute approximate surface area is 365 Å². The second-order valence-electron chi connectivity index (χ2n) is 17.3. The maximum atomic E-state index is 4.88. The van der Waals surface area contributed by atoms with Crippen molar-refractivity contribution in [1.29, 1.82) is 0 Å². The van der Waals surface area contributed by atoms with Gasteiger partial charge in [0.2, 0.25) is 0 Å². The Kier molecular flexibility index (Phi) is 8.99. The van der Waals surface area contributed by atoms with E-state index in [4.69, 9.17) is 6.58 Å². The lowest BCUT2D eigenvalue weighted by Crippen LogP contribution is -2.40. The van der Waals surface area contributed by atoms with Gasteiger partial charge in [-0.1, -0.05) is 239 Å². The van der Waals surface area contributed by atoms with Gasteiger partial charge in [0.1, 0.15) is 0 Å². The van der Waals surface area contributed by atoms with Crippen LogP contribution in [0.4, 0.5) is 0 Å². The minimum atomic E-state index is -0.511. The molecule has 0 bridgehead atoms. The van der Waals surface area contributed by atoms with Crippen LogP contribution in [0.15, 0.2) is 237 Å². The fourth-order valence-electron chi connectivity index (χ4n) is 10.6. The molecule has 0 nitrogen and oxygen atoms in total. The average Bonchev–Trinajstić information content (AvgIpc) is 3.64. The van der Waals surface area contributed by atoms with E-state index in [1.165, 1.54) is 89.0 Å². The van der Waals surface area contributed by atoms with E-state index in [2.05, 4.69) is 244 Å². The van der Waals surface area contributed by atoms with Crippen molar-refractivity contribution in [3.8, 4) is 44.5 Å². The molecule has 2 aliphatic rings. The monoisotopic (exact) mass is 790 g/mol. The number of allylic oxidation sites excluding steroid dienone is 2. The molecule has 9 aromatic carbocycles. The summed E-state index contributed by atoms with van der Waals surface area (Å²) in [4.78, 5) is 0. The van der Waals surface area contributed by atoms with Crippen LogP contribution in [0.1, 0.15) is 63.9 Å². The van der Waals surface area contributed by atoms with Gasteiger partial charge in [0.15, 0.2) is 0 Å². The molecule has 0 atom stereocenters. The van der Waals surface area contributed by atoms with Gasteiger partial charge >= 0.3 is 0 Å². The zero-order chi connectivity index (χ0) is 41.8. The van der Waals surface area contributed by atoms with Crippen molar-refractivity contribution in [2.24, 2.45) is 0 Å². The molecule has 0 radical (unpaired) electrons. The largest absolute Gasteiger partial charge is 0.0911 e. The summed E-state index contributed by atoms with van der Waals surface area (Å²) in [5, 5.41) is 0. The highest BCUT2D eigenvalue weighted by atomic mass is 14.5. The molecule has 0 fully saturated rings. The Bertz CT molecular complexity index is 3070. The van der Waals surface area contributed by atoms with E-state index in [0.717, 1.165) is 16.7 Å². The lowest BCUT2D eigenvalue weighted by atomic mass is 9.55. The number of hydrogen-bond acceptors (Lipinski definition) is 0. The maximum Gasteiger partial charge on any atom is 0.0719 e. The zero-order valence-corrected chi connectivity index (χ0v) is 35.1. The molecule has 0 saturated carbocycles. The Morgan fingerprint density at radius 1 is 0.371 bits per heavy atom. The van der Waals surface area contributed by atoms with E-state index in [1.54, 1.807) is 0 Å². The molecule has 11 rings (SSSR count). The molecule has 0 amide bonds. The third kappa shape index (κ3) is 5.90. The summed E-state index contributed by atoms with van der Waals surface area (Å²) in [5.74, 6) is 0. The summed E-state index contributed by atoms with van der Waals surface area (Å²) < 4.78 is 0. The van der Waals surface area contributed by atoms with Crippen molar-refractivity contribution in [2.45, 2.75) is 24.7 Å². The summed E-state index contributed by atoms with van der Waals surface area (Å²) in [5.41, 5.74) is 22.8. The first kappa shape index (κ1) is 37.5. The normalized spacial score (nSPS) is 13.6. The highest BCUT2D eigenvalue weighted by Gasteiger charge is 2.53. The number of hydrogen-bond donors (Lipinski definition) is 0. The molecular formula is C62H46. The fraction of sp³-hybridized carbons (Fsp3) is 0.0645. The molecule has 2 aliphatic carbocycles. The topological polar surface area (TPSA) is 0 Å². The fourth-order valence-corrected chi connectivity index (χ4v) is 10.6. The van der Waals surface area contributed by atoms with Crippen LogP contribution in [0, 0.1) is 0 Å². The van der Waals surface area contributed by atoms with Crippen molar-refractivity contribution >= 4 is 11.1 Å². The third-order valence-electron chi connectivity index (χ3n) is 13.5. The highest BCUT2D eigenvalue weighted by Crippen LogP contribution is 2.63. The minimum Gasteiger partial charge on any atom is -0.0911 e. The Morgan fingerprint density at radius 2 is 0.774 bits per heavy atom. The summed E-state index contributed by atoms with van der Waals surface area (Å²) in [6.07, 6.45) is 2.30. The number of fused-ring (bicyclic) bond motifs is 9. The van der Waals surface area contributed by atoms with Gasteiger partial charge < -0.3 is 0 Å². The summed E-state index contributed by atoms with van der Waals surface area (Å²) in [6, 6.07) is 82.4. The van der Waals surface area contributed by atoms with Crippen LogP contribution in [-0.4, -0.2) is 0 Å². The van der Waals surface area contributed by atoms with Crippen LogP contribution in [0.25, 0.3) is 55.7 Å². The van der Waals surface area contributed by atoms with Gasteiger partial charge in [-0.25, -0.2) is 0 Å². The summed E-state index contributed by atoms with van der Waals surface area (Å²) in [7, 11) is 0. The Balaban J connectivity index is 1.10. The Hall–Kier alpha value is -7.54.